The number of carbonyl (C=O) groups excluding carboxylic acids is 1. The molecular formula is C31H39N5O3. The van der Waals surface area contributed by atoms with E-state index < -0.39 is 0 Å². The lowest BCUT2D eigenvalue weighted by Crippen LogP contribution is -2.29. The maximum atomic E-state index is 13.5. The van der Waals surface area contributed by atoms with Crippen molar-refractivity contribution in [1.82, 2.24) is 15.6 Å². The van der Waals surface area contributed by atoms with Crippen LogP contribution in [0.1, 0.15) is 64.8 Å². The van der Waals surface area contributed by atoms with E-state index in [9.17, 15) is 9.59 Å². The third kappa shape index (κ3) is 7.15. The summed E-state index contributed by atoms with van der Waals surface area (Å²) in [5.41, 5.74) is 5.40. The van der Waals surface area contributed by atoms with Crippen LogP contribution in [0.4, 0.5) is 5.69 Å². The number of H-pyrrole nitrogens is 1. The van der Waals surface area contributed by atoms with Crippen LogP contribution in [-0.2, 0) is 6.54 Å². The molecule has 0 bridgehead atoms. The second-order valence-electron chi connectivity index (χ2n) is 10.2. The van der Waals surface area contributed by atoms with E-state index in [-0.39, 0.29) is 18.0 Å². The summed E-state index contributed by atoms with van der Waals surface area (Å²) in [5.74, 6) is 0.439. The monoisotopic (exact) mass is 529 g/mol. The van der Waals surface area contributed by atoms with Gasteiger partial charge in [0.05, 0.1) is 12.2 Å². The third-order valence-corrected chi connectivity index (χ3v) is 7.21. The van der Waals surface area contributed by atoms with Gasteiger partial charge in [0.25, 0.3) is 11.5 Å². The van der Waals surface area contributed by atoms with Crippen molar-refractivity contribution in [3.05, 3.63) is 80.8 Å². The van der Waals surface area contributed by atoms with Gasteiger partial charge in [0.1, 0.15) is 5.75 Å². The van der Waals surface area contributed by atoms with Crippen molar-refractivity contribution in [3.63, 3.8) is 0 Å². The lowest BCUT2D eigenvalue weighted by molar-refractivity contribution is 0.0950. The maximum Gasteiger partial charge on any atom is 0.253 e. The first-order valence-corrected chi connectivity index (χ1v) is 13.7. The normalized spacial score (nSPS) is 13.3. The summed E-state index contributed by atoms with van der Waals surface area (Å²) in [6, 6.07) is 13.9. The topological polar surface area (TPSA) is 119 Å². The molecule has 0 aliphatic heterocycles. The van der Waals surface area contributed by atoms with E-state index in [2.05, 4.69) is 20.9 Å². The van der Waals surface area contributed by atoms with Crippen molar-refractivity contribution in [2.24, 2.45) is 0 Å². The highest BCUT2D eigenvalue weighted by atomic mass is 16.5. The molecule has 4 rings (SSSR count). The highest BCUT2D eigenvalue weighted by Crippen LogP contribution is 2.32. The minimum atomic E-state index is -0.330. The zero-order chi connectivity index (χ0) is 27.8. The zero-order valence-electron chi connectivity index (χ0n) is 23.1. The standard InChI is InChI=1S/C31H39N5O3/c1-20-14-21(2)35-31(38)28(20)19-34-30(37)26-16-23(17-29(27(26)18-32)36-24-9-4-5-10-24)22-8-6-11-25(15-22)39-13-7-12-33-3/h6,8,11,14-18,24,32-33,36H,4-5,7,9-10,12-13,19H2,1-3H3,(H,34,37)(H,35,38). The molecule has 1 amide bonds. The van der Waals surface area contributed by atoms with Gasteiger partial charge in [-0.15, -0.1) is 0 Å². The van der Waals surface area contributed by atoms with Gasteiger partial charge in [-0.3, -0.25) is 9.59 Å². The molecule has 5 N–H and O–H groups in total. The number of aryl methyl sites for hydroxylation is 2. The number of rotatable bonds is 12. The number of anilines is 1. The summed E-state index contributed by atoms with van der Waals surface area (Å²) in [5, 5.41) is 17.8. The summed E-state index contributed by atoms with van der Waals surface area (Å²) in [7, 11) is 1.92. The van der Waals surface area contributed by atoms with E-state index in [0.29, 0.717) is 29.3 Å². The maximum absolute atomic E-state index is 13.5. The molecule has 8 heteroatoms. The Hall–Kier alpha value is -3.91. The Labute approximate surface area is 230 Å². The molecule has 0 atom stereocenters. The average Bonchev–Trinajstić information content (AvgIpc) is 3.43. The lowest BCUT2D eigenvalue weighted by atomic mass is 9.96. The van der Waals surface area contributed by atoms with Gasteiger partial charge in [-0.05, 0) is 93.7 Å². The van der Waals surface area contributed by atoms with E-state index in [0.717, 1.165) is 59.6 Å². The van der Waals surface area contributed by atoms with Crippen LogP contribution in [0.2, 0.25) is 0 Å². The molecule has 1 heterocycles. The lowest BCUT2D eigenvalue weighted by Gasteiger charge is -2.20. The van der Waals surface area contributed by atoms with Crippen LogP contribution in [0, 0.1) is 19.3 Å². The molecular weight excluding hydrogens is 490 g/mol. The predicted molar refractivity (Wildman–Crippen MR) is 157 cm³/mol. The van der Waals surface area contributed by atoms with Crippen molar-refractivity contribution >= 4 is 17.8 Å². The molecule has 8 nitrogen and oxygen atoms in total. The van der Waals surface area contributed by atoms with Crippen LogP contribution in [0.25, 0.3) is 11.1 Å². The number of aromatic amines is 1. The molecule has 0 spiro atoms. The molecule has 1 aromatic heterocycles. The van der Waals surface area contributed by atoms with Gasteiger partial charge in [-0.2, -0.15) is 0 Å². The average molecular weight is 530 g/mol. The SMILES string of the molecule is CNCCCOc1cccc(-c2cc(NC3CCCC3)c(C=N)c(C(=O)NCc3c(C)cc(C)[nH]c3=O)c2)c1. The van der Waals surface area contributed by atoms with Gasteiger partial charge >= 0.3 is 0 Å². The number of benzene rings is 2. The molecule has 3 aromatic rings. The van der Waals surface area contributed by atoms with Crippen LogP contribution in [-0.4, -0.2) is 43.3 Å². The van der Waals surface area contributed by atoms with Crippen LogP contribution in [0.15, 0.2) is 47.3 Å². The van der Waals surface area contributed by atoms with E-state index in [1.807, 2.05) is 63.4 Å². The Kier molecular flexibility index (Phi) is 9.54. The van der Waals surface area contributed by atoms with Gasteiger partial charge in [-0.25, -0.2) is 0 Å². The molecule has 1 saturated carbocycles. The number of hydrogen-bond donors (Lipinski definition) is 5. The minimum Gasteiger partial charge on any atom is -0.494 e. The van der Waals surface area contributed by atoms with Gasteiger partial charge in [-0.1, -0.05) is 25.0 Å². The first kappa shape index (κ1) is 28.1. The predicted octanol–water partition coefficient (Wildman–Crippen LogP) is 4.93. The van der Waals surface area contributed by atoms with Gasteiger partial charge in [0.2, 0.25) is 0 Å². The smallest absolute Gasteiger partial charge is 0.253 e. The van der Waals surface area contributed by atoms with Crippen molar-refractivity contribution in [3.8, 4) is 16.9 Å². The Balaban J connectivity index is 1.67. The molecule has 0 radical (unpaired) electrons. The molecule has 1 aliphatic carbocycles. The van der Waals surface area contributed by atoms with Gasteiger partial charge in [0.15, 0.2) is 0 Å². The molecule has 1 fully saturated rings. The van der Waals surface area contributed by atoms with Crippen molar-refractivity contribution < 1.29 is 9.53 Å². The third-order valence-electron chi connectivity index (χ3n) is 7.21. The molecule has 0 unspecified atom stereocenters. The summed E-state index contributed by atoms with van der Waals surface area (Å²) in [6.07, 6.45) is 6.60. The fraction of sp³-hybridized carbons (Fsp3) is 0.387. The number of pyridine rings is 1. The first-order valence-electron chi connectivity index (χ1n) is 13.7. The van der Waals surface area contributed by atoms with E-state index in [4.69, 9.17) is 10.1 Å². The Morgan fingerprint density at radius 3 is 2.64 bits per heavy atom. The summed E-state index contributed by atoms with van der Waals surface area (Å²) >= 11 is 0. The van der Waals surface area contributed by atoms with Crippen molar-refractivity contribution in [2.45, 2.75) is 58.5 Å². The highest BCUT2D eigenvalue weighted by Gasteiger charge is 2.21. The van der Waals surface area contributed by atoms with Crippen LogP contribution in [0.3, 0.4) is 0 Å². The number of hydrogen-bond acceptors (Lipinski definition) is 6. The number of ether oxygens (including phenoxy) is 1. The fourth-order valence-electron chi connectivity index (χ4n) is 5.14. The van der Waals surface area contributed by atoms with E-state index in [1.54, 1.807) is 0 Å². The fourth-order valence-corrected chi connectivity index (χ4v) is 5.14. The minimum absolute atomic E-state index is 0.100. The number of amides is 1. The van der Waals surface area contributed by atoms with Crippen molar-refractivity contribution in [2.75, 3.05) is 25.5 Å². The van der Waals surface area contributed by atoms with E-state index in [1.165, 1.54) is 19.1 Å². The quantitative estimate of drug-likeness (QED) is 0.168. The summed E-state index contributed by atoms with van der Waals surface area (Å²) < 4.78 is 5.95. The molecule has 2 aromatic carbocycles. The summed E-state index contributed by atoms with van der Waals surface area (Å²) in [4.78, 5) is 28.8. The second kappa shape index (κ2) is 13.2. The summed E-state index contributed by atoms with van der Waals surface area (Å²) in [6.45, 7) is 5.29. The van der Waals surface area contributed by atoms with Gasteiger partial charge in [0, 0.05) is 41.3 Å². The van der Waals surface area contributed by atoms with Crippen molar-refractivity contribution in [1.29, 1.82) is 5.41 Å². The van der Waals surface area contributed by atoms with Crippen LogP contribution >= 0.6 is 0 Å². The van der Waals surface area contributed by atoms with Crippen LogP contribution in [0.5, 0.6) is 5.75 Å². The van der Waals surface area contributed by atoms with Crippen LogP contribution < -0.4 is 26.2 Å². The number of nitrogens with one attached hydrogen (secondary N) is 5. The van der Waals surface area contributed by atoms with Gasteiger partial charge < -0.3 is 31.1 Å². The second-order valence-corrected chi connectivity index (χ2v) is 10.2. The molecule has 206 valence electrons. The largest absolute Gasteiger partial charge is 0.494 e. The molecule has 1 aliphatic rings. The first-order chi connectivity index (χ1) is 18.9. The molecule has 0 saturated heterocycles. The zero-order valence-corrected chi connectivity index (χ0v) is 23.1. The molecule has 39 heavy (non-hydrogen) atoms. The highest BCUT2D eigenvalue weighted by molar-refractivity contribution is 6.06. The van der Waals surface area contributed by atoms with E-state index >= 15 is 0 Å². The Morgan fingerprint density at radius 1 is 1.13 bits per heavy atom. The Bertz CT molecular complexity index is 1380. The number of aromatic nitrogens is 1. The number of carbonyl (C=O) groups is 1. The Morgan fingerprint density at radius 2 is 1.92 bits per heavy atom.